The van der Waals surface area contributed by atoms with Crippen LogP contribution in [0, 0.1) is 23.1 Å². The van der Waals surface area contributed by atoms with Crippen LogP contribution in [0.15, 0.2) is 29.3 Å². The topological polar surface area (TPSA) is 104 Å². The van der Waals surface area contributed by atoms with Gasteiger partial charge in [0.15, 0.2) is 5.96 Å². The number of hydrogen-bond donors (Lipinski definition) is 2. The first kappa shape index (κ1) is 25.9. The molecule has 0 saturated carbocycles. The SMILES string of the molecule is CCNC(=NCCCc1nn(-c2ccc(F)cc2)c(N)c1C#N)N(C)CC1CCOC1.I. The van der Waals surface area contributed by atoms with Crippen LogP contribution in [-0.2, 0) is 11.2 Å². The van der Waals surface area contributed by atoms with Crippen LogP contribution in [0.2, 0.25) is 0 Å². The van der Waals surface area contributed by atoms with Crippen LogP contribution in [0.3, 0.4) is 0 Å². The Hall–Kier alpha value is -2.39. The summed E-state index contributed by atoms with van der Waals surface area (Å²) >= 11 is 0. The quantitative estimate of drug-likeness (QED) is 0.225. The third-order valence-corrected chi connectivity index (χ3v) is 5.26. The number of anilines is 1. The van der Waals surface area contributed by atoms with E-state index in [2.05, 4.69) is 21.4 Å². The van der Waals surface area contributed by atoms with Crippen molar-refractivity contribution in [3.05, 3.63) is 41.3 Å². The first-order valence-electron chi connectivity index (χ1n) is 10.6. The number of hydrogen-bond acceptors (Lipinski definition) is 5. The Morgan fingerprint density at radius 3 is 2.81 bits per heavy atom. The van der Waals surface area contributed by atoms with Crippen molar-refractivity contribution in [2.45, 2.75) is 26.2 Å². The molecule has 0 amide bonds. The zero-order valence-corrected chi connectivity index (χ0v) is 20.9. The molecule has 1 saturated heterocycles. The minimum Gasteiger partial charge on any atom is -0.382 e. The molecule has 1 aliphatic heterocycles. The summed E-state index contributed by atoms with van der Waals surface area (Å²) in [6.45, 7) is 5.98. The van der Waals surface area contributed by atoms with Crippen molar-refractivity contribution in [2.24, 2.45) is 10.9 Å². The fraction of sp³-hybridized carbons (Fsp3) is 0.500. The highest BCUT2D eigenvalue weighted by atomic mass is 127. The maximum absolute atomic E-state index is 13.2. The van der Waals surface area contributed by atoms with Crippen molar-refractivity contribution in [3.8, 4) is 11.8 Å². The van der Waals surface area contributed by atoms with Gasteiger partial charge in [-0.2, -0.15) is 10.4 Å². The Kier molecular flexibility index (Phi) is 10.2. The molecule has 1 fully saturated rings. The number of guanidine groups is 1. The summed E-state index contributed by atoms with van der Waals surface area (Å²) < 4.78 is 20.2. The number of nitrogens with zero attached hydrogens (tertiary/aromatic N) is 5. The molecule has 3 rings (SSSR count). The van der Waals surface area contributed by atoms with Crippen molar-refractivity contribution in [3.63, 3.8) is 0 Å². The van der Waals surface area contributed by atoms with Gasteiger partial charge < -0.3 is 20.7 Å². The van der Waals surface area contributed by atoms with Gasteiger partial charge in [0.2, 0.25) is 0 Å². The normalized spacial score (nSPS) is 15.8. The molecule has 0 bridgehead atoms. The van der Waals surface area contributed by atoms with Crippen LogP contribution in [0.1, 0.15) is 31.0 Å². The molecule has 1 unspecified atom stereocenters. The predicted molar refractivity (Wildman–Crippen MR) is 134 cm³/mol. The van der Waals surface area contributed by atoms with Gasteiger partial charge in [-0.1, -0.05) is 0 Å². The Labute approximate surface area is 205 Å². The predicted octanol–water partition coefficient (Wildman–Crippen LogP) is 2.95. The van der Waals surface area contributed by atoms with Gasteiger partial charge in [0.25, 0.3) is 0 Å². The van der Waals surface area contributed by atoms with Gasteiger partial charge in [0, 0.05) is 39.2 Å². The van der Waals surface area contributed by atoms with Gasteiger partial charge in [-0.05, 0) is 50.5 Å². The number of nitrogens with one attached hydrogen (secondary N) is 1. The van der Waals surface area contributed by atoms with E-state index in [4.69, 9.17) is 15.5 Å². The summed E-state index contributed by atoms with van der Waals surface area (Å²) in [5.74, 6) is 1.33. The molecule has 0 radical (unpaired) electrons. The Bertz CT molecular complexity index is 933. The number of aromatic nitrogens is 2. The molecule has 8 nitrogen and oxygen atoms in total. The fourth-order valence-corrected chi connectivity index (χ4v) is 3.66. The lowest BCUT2D eigenvalue weighted by Crippen LogP contribution is -2.41. The molecule has 32 heavy (non-hydrogen) atoms. The lowest BCUT2D eigenvalue weighted by atomic mass is 10.1. The maximum atomic E-state index is 13.2. The smallest absolute Gasteiger partial charge is 0.193 e. The number of rotatable bonds is 8. The van der Waals surface area contributed by atoms with Gasteiger partial charge in [-0.25, -0.2) is 9.07 Å². The van der Waals surface area contributed by atoms with Crippen molar-refractivity contribution < 1.29 is 9.13 Å². The highest BCUT2D eigenvalue weighted by Gasteiger charge is 2.19. The number of ether oxygens (including phenoxy) is 1. The van der Waals surface area contributed by atoms with Crippen LogP contribution >= 0.6 is 24.0 Å². The van der Waals surface area contributed by atoms with E-state index >= 15 is 0 Å². The monoisotopic (exact) mass is 555 g/mol. The van der Waals surface area contributed by atoms with Crippen molar-refractivity contribution >= 4 is 35.8 Å². The summed E-state index contributed by atoms with van der Waals surface area (Å²) in [5, 5.41) is 17.4. The van der Waals surface area contributed by atoms with Gasteiger partial charge in [-0.3, -0.25) is 4.99 Å². The molecule has 2 heterocycles. The molecule has 1 aromatic carbocycles. The average molecular weight is 555 g/mol. The Morgan fingerprint density at radius 2 is 2.19 bits per heavy atom. The fourth-order valence-electron chi connectivity index (χ4n) is 3.66. The standard InChI is InChI=1S/C22H30FN7O.HI/c1-3-26-22(29(2)14-16-10-12-31-15-16)27-11-4-5-20-19(13-24)21(25)30(28-20)18-8-6-17(23)7-9-18;/h6-9,16H,3-5,10-12,14-15,25H2,1-2H3,(H,26,27);1H. The summed E-state index contributed by atoms with van der Waals surface area (Å²) in [6.07, 6.45) is 2.38. The van der Waals surface area contributed by atoms with Crippen LogP contribution in [-0.4, -0.2) is 60.5 Å². The number of aryl methyl sites for hydroxylation is 1. The molecule has 0 spiro atoms. The number of nitrogen functional groups attached to an aromatic ring is 1. The molecule has 174 valence electrons. The Balaban J connectivity index is 0.00000363. The highest BCUT2D eigenvalue weighted by Crippen LogP contribution is 2.22. The van der Waals surface area contributed by atoms with Crippen molar-refractivity contribution in [1.29, 1.82) is 5.26 Å². The van der Waals surface area contributed by atoms with E-state index in [9.17, 15) is 9.65 Å². The summed E-state index contributed by atoms with van der Waals surface area (Å²) in [7, 11) is 2.04. The molecular formula is C22H31FIN7O. The number of benzene rings is 1. The number of halogens is 2. The molecule has 0 aliphatic carbocycles. The molecule has 10 heteroatoms. The first-order valence-corrected chi connectivity index (χ1v) is 10.6. The van der Waals surface area contributed by atoms with E-state index in [0.29, 0.717) is 35.8 Å². The van der Waals surface area contributed by atoms with E-state index in [1.54, 1.807) is 12.1 Å². The van der Waals surface area contributed by atoms with E-state index in [0.717, 1.165) is 45.1 Å². The zero-order chi connectivity index (χ0) is 22.2. The van der Waals surface area contributed by atoms with Crippen LogP contribution in [0.4, 0.5) is 10.2 Å². The first-order chi connectivity index (χ1) is 15.0. The third kappa shape index (κ3) is 6.56. The number of nitrogens with two attached hydrogens (primary N) is 1. The number of aliphatic imine (C=N–C) groups is 1. The molecule has 1 atom stereocenters. The average Bonchev–Trinajstić information content (AvgIpc) is 3.38. The summed E-state index contributed by atoms with van der Waals surface area (Å²) in [5.41, 5.74) is 7.73. The van der Waals surface area contributed by atoms with E-state index in [-0.39, 0.29) is 35.6 Å². The summed E-state index contributed by atoms with van der Waals surface area (Å²) in [4.78, 5) is 6.87. The van der Waals surface area contributed by atoms with E-state index in [1.165, 1.54) is 16.8 Å². The molecule has 1 aliphatic rings. The van der Waals surface area contributed by atoms with Gasteiger partial charge in [0.1, 0.15) is 23.3 Å². The van der Waals surface area contributed by atoms with Gasteiger partial charge in [0.05, 0.1) is 18.0 Å². The van der Waals surface area contributed by atoms with Gasteiger partial charge in [-0.15, -0.1) is 24.0 Å². The number of nitriles is 1. The largest absolute Gasteiger partial charge is 0.382 e. The lowest BCUT2D eigenvalue weighted by Gasteiger charge is -2.24. The van der Waals surface area contributed by atoms with E-state index < -0.39 is 0 Å². The second-order valence-corrected chi connectivity index (χ2v) is 7.66. The van der Waals surface area contributed by atoms with Crippen LogP contribution in [0.25, 0.3) is 5.69 Å². The van der Waals surface area contributed by atoms with Crippen molar-refractivity contribution in [1.82, 2.24) is 20.0 Å². The molecule has 1 aromatic heterocycles. The maximum Gasteiger partial charge on any atom is 0.193 e. The van der Waals surface area contributed by atoms with Crippen LogP contribution < -0.4 is 11.1 Å². The van der Waals surface area contributed by atoms with E-state index in [1.807, 2.05) is 14.0 Å². The highest BCUT2D eigenvalue weighted by molar-refractivity contribution is 14.0. The summed E-state index contributed by atoms with van der Waals surface area (Å²) in [6, 6.07) is 7.99. The molecular weight excluding hydrogens is 524 g/mol. The van der Waals surface area contributed by atoms with Crippen molar-refractivity contribution in [2.75, 3.05) is 45.6 Å². The third-order valence-electron chi connectivity index (χ3n) is 5.26. The second kappa shape index (κ2) is 12.6. The lowest BCUT2D eigenvalue weighted by molar-refractivity contribution is 0.181. The Morgan fingerprint density at radius 1 is 1.44 bits per heavy atom. The second-order valence-electron chi connectivity index (χ2n) is 7.66. The molecule has 3 N–H and O–H groups in total. The molecule has 2 aromatic rings. The van der Waals surface area contributed by atoms with Crippen LogP contribution in [0.5, 0.6) is 0 Å². The zero-order valence-electron chi connectivity index (χ0n) is 18.6. The minimum absolute atomic E-state index is 0. The minimum atomic E-state index is -0.338. The van der Waals surface area contributed by atoms with Gasteiger partial charge >= 0.3 is 0 Å².